The van der Waals surface area contributed by atoms with Gasteiger partial charge in [-0.2, -0.15) is 9.78 Å². The molecule has 0 N–H and O–H groups in total. The lowest BCUT2D eigenvalue weighted by Crippen LogP contribution is -2.24. The third-order valence-electron chi connectivity index (χ3n) is 8.84. The number of ketones is 2. The zero-order valence-electron chi connectivity index (χ0n) is 29.0. The van der Waals surface area contributed by atoms with Crippen molar-refractivity contribution in [3.8, 4) is 0 Å². The lowest BCUT2D eigenvalue weighted by atomic mass is 9.72. The van der Waals surface area contributed by atoms with Crippen molar-refractivity contribution in [2.24, 2.45) is 10.8 Å². The van der Waals surface area contributed by atoms with Gasteiger partial charge in [-0.15, -0.1) is 0 Å². The predicted octanol–water partition coefficient (Wildman–Crippen LogP) is 10.0. The highest BCUT2D eigenvalue weighted by Gasteiger charge is 2.36. The predicted molar refractivity (Wildman–Crippen MR) is 184 cm³/mol. The number of rotatable bonds is 10. The number of hydrogen-bond acceptors (Lipinski definition) is 5. The van der Waals surface area contributed by atoms with Crippen molar-refractivity contribution in [2.45, 2.75) is 107 Å². The van der Waals surface area contributed by atoms with E-state index in [9.17, 15) is 9.59 Å². The molecule has 5 nitrogen and oxygen atoms in total. The molecule has 0 saturated carbocycles. The van der Waals surface area contributed by atoms with E-state index in [1.807, 2.05) is 76.3 Å². The molecule has 0 bridgehead atoms. The third kappa shape index (κ3) is 10.3. The Hall–Kier alpha value is -3.38. The Morgan fingerprint density at radius 2 is 1.16 bits per heavy atom. The molecule has 3 aliphatic rings. The standard InChI is InChI=1S/C40H52O5/c1-28(14-11-15-29(2)19-21-33-31(4)35(41)23-26-38(33,6)7)16-12-18-37-43-40(10,45-44-37)25-13-17-30(3)20-22-34-32(5)36(42)24-27-39(34,8)9/h11-22,25,37H,23-24,26-27H2,1-10H3/b14-11+,18-12+,21-19+,22-20+,25-13+,28-16+,29-15+,30-17+/t37-,40-/m0/s1. The SMILES string of the molecule is CC1=C(/C=C/C(C)=C/C=C/C(C)=C/C=C/[C@@H]2OO[C@@](C)(/C=C/C=C(C)/C=C/C3=C(C)C(=O)CCC3(C)C)O2)C(C)(C)CCC1=O. The lowest BCUT2D eigenvalue weighted by molar-refractivity contribution is -0.307. The molecule has 0 radical (unpaired) electrons. The summed E-state index contributed by atoms with van der Waals surface area (Å²) in [5.41, 5.74) is 7.23. The van der Waals surface area contributed by atoms with E-state index in [-0.39, 0.29) is 22.4 Å². The van der Waals surface area contributed by atoms with Crippen LogP contribution in [0.3, 0.4) is 0 Å². The molecule has 0 aromatic heterocycles. The third-order valence-corrected chi connectivity index (χ3v) is 8.84. The largest absolute Gasteiger partial charge is 0.308 e. The van der Waals surface area contributed by atoms with Gasteiger partial charge in [-0.05, 0) is 99.7 Å². The molecule has 1 saturated heterocycles. The van der Waals surface area contributed by atoms with Crippen LogP contribution in [-0.4, -0.2) is 23.6 Å². The maximum absolute atomic E-state index is 12.2. The fraction of sp³-hybridized carbons (Fsp3) is 0.450. The highest BCUT2D eigenvalue weighted by Crippen LogP contribution is 2.40. The van der Waals surface area contributed by atoms with Crippen LogP contribution < -0.4 is 0 Å². The summed E-state index contributed by atoms with van der Waals surface area (Å²) in [4.78, 5) is 35.2. The van der Waals surface area contributed by atoms with Crippen LogP contribution in [0.2, 0.25) is 0 Å². The normalized spacial score (nSPS) is 27.2. The smallest absolute Gasteiger partial charge is 0.221 e. The summed E-state index contributed by atoms with van der Waals surface area (Å²) in [6.45, 7) is 20.6. The fourth-order valence-electron chi connectivity index (χ4n) is 5.69. The maximum atomic E-state index is 12.2. The van der Waals surface area contributed by atoms with Crippen molar-refractivity contribution in [1.29, 1.82) is 0 Å². The molecular weight excluding hydrogens is 560 g/mol. The van der Waals surface area contributed by atoms with Crippen LogP contribution in [0.1, 0.15) is 94.9 Å². The minimum Gasteiger partial charge on any atom is -0.308 e. The van der Waals surface area contributed by atoms with Crippen molar-refractivity contribution in [2.75, 3.05) is 0 Å². The van der Waals surface area contributed by atoms with Gasteiger partial charge in [0.25, 0.3) is 0 Å². The number of carbonyl (C=O) groups excluding carboxylic acids is 2. The Morgan fingerprint density at radius 3 is 1.69 bits per heavy atom. The summed E-state index contributed by atoms with van der Waals surface area (Å²) in [5.74, 6) is -0.511. The molecule has 0 spiro atoms. The Bertz CT molecular complexity index is 1460. The van der Waals surface area contributed by atoms with Crippen LogP contribution in [0.25, 0.3) is 0 Å². The molecular formula is C40H52O5. The quantitative estimate of drug-likeness (QED) is 0.181. The van der Waals surface area contributed by atoms with E-state index in [1.165, 1.54) is 0 Å². The molecule has 1 aliphatic heterocycles. The van der Waals surface area contributed by atoms with E-state index in [0.29, 0.717) is 12.8 Å². The Morgan fingerprint density at radius 1 is 0.689 bits per heavy atom. The van der Waals surface area contributed by atoms with Gasteiger partial charge in [0, 0.05) is 12.8 Å². The van der Waals surface area contributed by atoms with Gasteiger partial charge < -0.3 is 4.74 Å². The van der Waals surface area contributed by atoms with Crippen LogP contribution in [0.15, 0.2) is 118 Å². The zero-order valence-corrected chi connectivity index (χ0v) is 29.0. The van der Waals surface area contributed by atoms with Crippen molar-refractivity contribution in [3.05, 3.63) is 118 Å². The van der Waals surface area contributed by atoms with Crippen molar-refractivity contribution < 1.29 is 24.1 Å². The molecule has 0 unspecified atom stereocenters. The lowest BCUT2D eigenvalue weighted by Gasteiger charge is -2.32. The first-order valence-corrected chi connectivity index (χ1v) is 16.0. The average molecular weight is 613 g/mol. The monoisotopic (exact) mass is 612 g/mol. The van der Waals surface area contributed by atoms with E-state index < -0.39 is 12.1 Å². The van der Waals surface area contributed by atoms with Crippen LogP contribution in [0.5, 0.6) is 0 Å². The molecule has 2 aliphatic carbocycles. The van der Waals surface area contributed by atoms with Gasteiger partial charge in [-0.1, -0.05) is 111 Å². The van der Waals surface area contributed by atoms with Gasteiger partial charge in [-0.25, -0.2) is 0 Å². The van der Waals surface area contributed by atoms with Crippen molar-refractivity contribution in [3.63, 3.8) is 0 Å². The van der Waals surface area contributed by atoms with Gasteiger partial charge in [0.2, 0.25) is 12.1 Å². The topological polar surface area (TPSA) is 61.8 Å². The average Bonchev–Trinajstić information content (AvgIpc) is 3.33. The van der Waals surface area contributed by atoms with Gasteiger partial charge in [0.1, 0.15) is 0 Å². The Labute approximate surface area is 271 Å². The summed E-state index contributed by atoms with van der Waals surface area (Å²) in [7, 11) is 0. The zero-order chi connectivity index (χ0) is 33.4. The molecule has 5 heteroatoms. The maximum Gasteiger partial charge on any atom is 0.221 e. The van der Waals surface area contributed by atoms with Crippen LogP contribution in [0, 0.1) is 10.8 Å². The molecule has 0 aromatic rings. The summed E-state index contributed by atoms with van der Waals surface area (Å²) in [6, 6.07) is 0. The van der Waals surface area contributed by atoms with E-state index in [0.717, 1.165) is 51.9 Å². The summed E-state index contributed by atoms with van der Waals surface area (Å²) >= 11 is 0. The molecule has 3 rings (SSSR count). The fourth-order valence-corrected chi connectivity index (χ4v) is 5.69. The molecule has 45 heavy (non-hydrogen) atoms. The second-order valence-electron chi connectivity index (χ2n) is 13.9. The number of allylic oxidation sites excluding steroid dienone is 18. The van der Waals surface area contributed by atoms with Gasteiger partial charge in [0.15, 0.2) is 11.6 Å². The molecule has 0 aromatic carbocycles. The molecule has 1 heterocycles. The summed E-state index contributed by atoms with van der Waals surface area (Å²) < 4.78 is 5.94. The second kappa shape index (κ2) is 15.3. The van der Waals surface area contributed by atoms with E-state index in [2.05, 4.69) is 58.9 Å². The first-order chi connectivity index (χ1) is 21.0. The Kier molecular flexibility index (Phi) is 12.2. The number of hydrogen-bond donors (Lipinski definition) is 0. The van der Waals surface area contributed by atoms with Gasteiger partial charge >= 0.3 is 0 Å². The molecule has 2 atom stereocenters. The van der Waals surface area contributed by atoms with Crippen molar-refractivity contribution >= 4 is 11.6 Å². The molecule has 1 fully saturated rings. The highest BCUT2D eigenvalue weighted by molar-refractivity contribution is 5.97. The van der Waals surface area contributed by atoms with Gasteiger partial charge in [0.05, 0.1) is 0 Å². The van der Waals surface area contributed by atoms with E-state index >= 15 is 0 Å². The minimum atomic E-state index is -1.00. The molecule has 0 amide bonds. The number of carbonyl (C=O) groups is 2. The number of Topliss-reactive ketones (excluding diaryl/α,β-unsaturated/α-hetero) is 2. The van der Waals surface area contributed by atoms with Crippen LogP contribution in [0.4, 0.5) is 0 Å². The molecule has 242 valence electrons. The Balaban J connectivity index is 1.52. The number of ether oxygens (including phenoxy) is 1. The van der Waals surface area contributed by atoms with Crippen LogP contribution >= 0.6 is 0 Å². The van der Waals surface area contributed by atoms with E-state index in [4.69, 9.17) is 14.5 Å². The summed E-state index contributed by atoms with van der Waals surface area (Å²) in [5, 5.41) is 0. The minimum absolute atomic E-state index is 0.00502. The summed E-state index contributed by atoms with van der Waals surface area (Å²) in [6.07, 6.45) is 28.1. The first kappa shape index (κ1) is 36.1. The van der Waals surface area contributed by atoms with Crippen LogP contribution in [-0.2, 0) is 24.1 Å². The highest BCUT2D eigenvalue weighted by atomic mass is 17.3. The van der Waals surface area contributed by atoms with Crippen molar-refractivity contribution in [1.82, 2.24) is 0 Å². The first-order valence-electron chi connectivity index (χ1n) is 16.0. The van der Waals surface area contributed by atoms with Gasteiger partial charge in [-0.3, -0.25) is 9.59 Å². The second-order valence-corrected chi connectivity index (χ2v) is 13.9. The van der Waals surface area contributed by atoms with E-state index in [1.54, 1.807) is 13.0 Å².